The average molecular weight is 412 g/mol. The molecule has 2 aliphatic heterocycles. The number of nitrogens with zero attached hydrogens (tertiary/aromatic N) is 2. The van der Waals surface area contributed by atoms with Crippen molar-refractivity contribution in [2.24, 2.45) is 13.0 Å². The molecule has 0 aliphatic carbocycles. The molecule has 9 nitrogen and oxygen atoms in total. The van der Waals surface area contributed by atoms with Crippen LogP contribution in [0, 0.1) is 5.92 Å². The van der Waals surface area contributed by atoms with Crippen LogP contribution in [0.1, 0.15) is 23.2 Å². The zero-order valence-electron chi connectivity index (χ0n) is 16.7. The quantitative estimate of drug-likeness (QED) is 0.797. The Hall–Kier alpha value is -3.49. The Kier molecular flexibility index (Phi) is 5.60. The van der Waals surface area contributed by atoms with Gasteiger partial charge in [-0.1, -0.05) is 0 Å². The van der Waals surface area contributed by atoms with Crippen LogP contribution in [-0.2, 0) is 7.05 Å². The number of aromatic nitrogens is 1. The van der Waals surface area contributed by atoms with E-state index >= 15 is 0 Å². The van der Waals surface area contributed by atoms with Gasteiger partial charge < -0.3 is 29.6 Å². The molecule has 3 amide bonds. The Morgan fingerprint density at radius 2 is 1.90 bits per heavy atom. The number of aryl methyl sites for hydroxylation is 1. The number of rotatable bonds is 4. The first-order valence-corrected chi connectivity index (χ1v) is 9.90. The number of piperidine rings is 1. The smallest absolute Gasteiger partial charge is 0.319 e. The van der Waals surface area contributed by atoms with E-state index in [2.05, 4.69) is 10.6 Å². The predicted molar refractivity (Wildman–Crippen MR) is 110 cm³/mol. The molecule has 2 N–H and O–H groups in total. The summed E-state index contributed by atoms with van der Waals surface area (Å²) < 4.78 is 12.0. The van der Waals surface area contributed by atoms with E-state index in [1.165, 1.54) is 4.57 Å². The Bertz CT molecular complexity index is 1010. The Morgan fingerprint density at radius 3 is 2.70 bits per heavy atom. The minimum atomic E-state index is -0.292. The number of fused-ring (bicyclic) bond motifs is 1. The maximum absolute atomic E-state index is 12.6. The first kappa shape index (κ1) is 19.8. The number of urea groups is 1. The molecule has 2 aromatic rings. The van der Waals surface area contributed by atoms with Crippen LogP contribution in [0.2, 0.25) is 0 Å². The first-order valence-electron chi connectivity index (χ1n) is 9.90. The van der Waals surface area contributed by atoms with Gasteiger partial charge >= 0.3 is 6.03 Å². The average Bonchev–Trinajstić information content (AvgIpc) is 3.22. The highest BCUT2D eigenvalue weighted by atomic mass is 16.7. The lowest BCUT2D eigenvalue weighted by Crippen LogP contribution is -2.43. The van der Waals surface area contributed by atoms with Gasteiger partial charge in [-0.2, -0.15) is 0 Å². The number of amides is 3. The van der Waals surface area contributed by atoms with Gasteiger partial charge in [0.25, 0.3) is 11.5 Å². The monoisotopic (exact) mass is 412 g/mol. The maximum atomic E-state index is 12.6. The third-order valence-electron chi connectivity index (χ3n) is 5.44. The zero-order chi connectivity index (χ0) is 21.1. The highest BCUT2D eigenvalue weighted by molar-refractivity contribution is 5.94. The van der Waals surface area contributed by atoms with Crippen LogP contribution in [0.4, 0.5) is 10.5 Å². The van der Waals surface area contributed by atoms with Gasteiger partial charge in [0.1, 0.15) is 5.56 Å². The molecular weight excluding hydrogens is 388 g/mol. The van der Waals surface area contributed by atoms with Crippen molar-refractivity contribution in [2.75, 3.05) is 31.7 Å². The Morgan fingerprint density at radius 1 is 1.13 bits per heavy atom. The summed E-state index contributed by atoms with van der Waals surface area (Å²) >= 11 is 0. The van der Waals surface area contributed by atoms with E-state index in [0.717, 1.165) is 12.8 Å². The number of pyridine rings is 1. The molecule has 9 heteroatoms. The summed E-state index contributed by atoms with van der Waals surface area (Å²) in [5, 5.41) is 5.67. The molecule has 3 heterocycles. The normalized spacial score (nSPS) is 15.7. The number of carbonyl (C=O) groups excluding carboxylic acids is 2. The van der Waals surface area contributed by atoms with Crippen LogP contribution in [0.15, 0.2) is 41.3 Å². The van der Waals surface area contributed by atoms with E-state index < -0.39 is 0 Å². The van der Waals surface area contributed by atoms with Crippen molar-refractivity contribution in [2.45, 2.75) is 12.8 Å². The second kappa shape index (κ2) is 8.48. The fourth-order valence-electron chi connectivity index (χ4n) is 3.66. The Labute approximate surface area is 173 Å². The van der Waals surface area contributed by atoms with E-state index in [0.29, 0.717) is 36.8 Å². The van der Waals surface area contributed by atoms with Crippen LogP contribution < -0.4 is 25.7 Å². The molecule has 2 aliphatic rings. The third kappa shape index (κ3) is 4.24. The summed E-state index contributed by atoms with van der Waals surface area (Å²) in [6.07, 6.45) is 3.16. The second-order valence-electron chi connectivity index (χ2n) is 7.48. The minimum Gasteiger partial charge on any atom is -0.454 e. The molecule has 158 valence electrons. The summed E-state index contributed by atoms with van der Waals surface area (Å²) in [5.41, 5.74) is 0.535. The van der Waals surface area contributed by atoms with Gasteiger partial charge in [0, 0.05) is 44.6 Å². The molecule has 0 unspecified atom stereocenters. The van der Waals surface area contributed by atoms with Gasteiger partial charge in [0.05, 0.1) is 0 Å². The summed E-state index contributed by atoms with van der Waals surface area (Å²) in [4.78, 5) is 38.7. The van der Waals surface area contributed by atoms with E-state index in [-0.39, 0.29) is 35.8 Å². The lowest BCUT2D eigenvalue weighted by Gasteiger charge is -2.32. The SMILES string of the molecule is Cn1cccc(C(=O)N2CCC(CNC(=O)Nc3ccc4c(c3)OCO4)CC2)c1=O. The van der Waals surface area contributed by atoms with Crippen molar-refractivity contribution in [3.63, 3.8) is 0 Å². The van der Waals surface area contributed by atoms with E-state index in [4.69, 9.17) is 9.47 Å². The van der Waals surface area contributed by atoms with Crippen molar-refractivity contribution in [3.8, 4) is 11.5 Å². The molecule has 0 saturated carbocycles. The fourth-order valence-corrected chi connectivity index (χ4v) is 3.66. The van der Waals surface area contributed by atoms with Crippen molar-refractivity contribution >= 4 is 17.6 Å². The first-order chi connectivity index (χ1) is 14.5. The summed E-state index contributed by atoms with van der Waals surface area (Å²) in [6, 6.07) is 8.21. The summed E-state index contributed by atoms with van der Waals surface area (Å²) in [6.45, 7) is 1.83. The molecule has 0 spiro atoms. The lowest BCUT2D eigenvalue weighted by atomic mass is 9.96. The summed E-state index contributed by atoms with van der Waals surface area (Å²) in [5.74, 6) is 1.31. The molecule has 1 saturated heterocycles. The van der Waals surface area contributed by atoms with Crippen molar-refractivity contribution in [1.82, 2.24) is 14.8 Å². The van der Waals surface area contributed by atoms with Crippen LogP contribution in [-0.4, -0.2) is 47.8 Å². The second-order valence-corrected chi connectivity index (χ2v) is 7.48. The lowest BCUT2D eigenvalue weighted by molar-refractivity contribution is 0.0688. The largest absolute Gasteiger partial charge is 0.454 e. The molecule has 30 heavy (non-hydrogen) atoms. The van der Waals surface area contributed by atoms with Crippen molar-refractivity contribution in [1.29, 1.82) is 0 Å². The molecule has 0 radical (unpaired) electrons. The molecule has 1 fully saturated rings. The maximum Gasteiger partial charge on any atom is 0.319 e. The highest BCUT2D eigenvalue weighted by Gasteiger charge is 2.25. The van der Waals surface area contributed by atoms with E-state index in [1.807, 2.05) is 0 Å². The van der Waals surface area contributed by atoms with Crippen LogP contribution in [0.25, 0.3) is 0 Å². The molecule has 4 rings (SSSR count). The number of hydrogen-bond acceptors (Lipinski definition) is 5. The number of likely N-dealkylation sites (tertiary alicyclic amines) is 1. The van der Waals surface area contributed by atoms with Gasteiger partial charge in [-0.15, -0.1) is 0 Å². The van der Waals surface area contributed by atoms with Gasteiger partial charge in [-0.05, 0) is 43.0 Å². The van der Waals surface area contributed by atoms with Gasteiger partial charge in [0.2, 0.25) is 6.79 Å². The number of ether oxygens (including phenoxy) is 2. The molecular formula is C21H24N4O5. The topological polar surface area (TPSA) is 102 Å². The standard InChI is InChI=1S/C21H24N4O5/c1-24-8-2-3-16(19(24)26)20(27)25-9-6-14(7-10-25)12-22-21(28)23-15-4-5-17-18(11-15)30-13-29-17/h2-5,8,11,14H,6-7,9-10,12-13H2,1H3,(H2,22,23,28). The van der Waals surface area contributed by atoms with Crippen LogP contribution >= 0.6 is 0 Å². The van der Waals surface area contributed by atoms with E-state index in [1.54, 1.807) is 48.5 Å². The number of anilines is 1. The third-order valence-corrected chi connectivity index (χ3v) is 5.44. The molecule has 1 aromatic carbocycles. The van der Waals surface area contributed by atoms with Crippen molar-refractivity contribution < 1.29 is 19.1 Å². The van der Waals surface area contributed by atoms with Crippen LogP contribution in [0.5, 0.6) is 11.5 Å². The molecule has 0 bridgehead atoms. The number of nitrogens with one attached hydrogen (secondary N) is 2. The Balaban J connectivity index is 1.24. The summed E-state index contributed by atoms with van der Waals surface area (Å²) in [7, 11) is 1.63. The molecule has 0 atom stereocenters. The fraction of sp³-hybridized carbons (Fsp3) is 0.381. The van der Waals surface area contributed by atoms with Gasteiger partial charge in [-0.25, -0.2) is 4.79 Å². The predicted octanol–water partition coefficient (Wildman–Crippen LogP) is 1.79. The number of benzene rings is 1. The molecule has 1 aromatic heterocycles. The highest BCUT2D eigenvalue weighted by Crippen LogP contribution is 2.34. The zero-order valence-corrected chi connectivity index (χ0v) is 16.7. The van der Waals surface area contributed by atoms with Crippen LogP contribution in [0.3, 0.4) is 0 Å². The van der Waals surface area contributed by atoms with Crippen molar-refractivity contribution in [3.05, 3.63) is 52.4 Å². The van der Waals surface area contributed by atoms with Gasteiger partial charge in [0.15, 0.2) is 11.5 Å². The number of hydrogen-bond donors (Lipinski definition) is 2. The number of carbonyl (C=O) groups is 2. The van der Waals surface area contributed by atoms with Gasteiger partial charge in [-0.3, -0.25) is 9.59 Å². The van der Waals surface area contributed by atoms with E-state index in [9.17, 15) is 14.4 Å². The minimum absolute atomic E-state index is 0.186.